The fourth-order valence-corrected chi connectivity index (χ4v) is 4.05. The van der Waals surface area contributed by atoms with Gasteiger partial charge in [0.1, 0.15) is 5.69 Å². The van der Waals surface area contributed by atoms with Crippen molar-refractivity contribution in [2.45, 2.75) is 51.3 Å². The van der Waals surface area contributed by atoms with Gasteiger partial charge in [0.05, 0.1) is 6.10 Å². The number of nitrogens with one attached hydrogen (secondary N) is 1. The molecule has 1 saturated carbocycles. The van der Waals surface area contributed by atoms with Crippen LogP contribution in [0.3, 0.4) is 0 Å². The number of rotatable bonds is 6. The summed E-state index contributed by atoms with van der Waals surface area (Å²) in [5.74, 6) is 0.242. The van der Waals surface area contributed by atoms with Gasteiger partial charge in [-0.1, -0.05) is 18.6 Å². The van der Waals surface area contributed by atoms with Crippen LogP contribution in [0.1, 0.15) is 43.4 Å². The molecule has 0 unspecified atom stereocenters. The van der Waals surface area contributed by atoms with Crippen LogP contribution in [-0.4, -0.2) is 27.3 Å². The molecule has 184 valence electrons. The highest BCUT2D eigenvalue weighted by Gasteiger charge is 2.32. The zero-order chi connectivity index (χ0) is 25.0. The first-order valence-electron chi connectivity index (χ1n) is 11.2. The number of aromatic nitrogens is 2. The minimum atomic E-state index is -4.58. The molecule has 0 bridgehead atoms. The molecule has 0 aliphatic heterocycles. The molecule has 1 aliphatic rings. The van der Waals surface area contributed by atoms with Crippen molar-refractivity contribution >= 4 is 17.8 Å². The number of carboxylic acid groups (broad SMARTS) is 1. The summed E-state index contributed by atoms with van der Waals surface area (Å²) in [6.07, 6.45) is 0.0921. The van der Waals surface area contributed by atoms with E-state index in [1.165, 1.54) is 0 Å². The quantitative estimate of drug-likeness (QED) is 0.286. The Labute approximate surface area is 199 Å². The maximum atomic E-state index is 13.0. The van der Waals surface area contributed by atoms with Crippen molar-refractivity contribution in [1.29, 1.82) is 0 Å². The molecule has 7 nitrogen and oxygen atoms in total. The molecule has 4 rings (SSSR count). The minimum Gasteiger partial charge on any atom is -0.487 e. The first-order valence-corrected chi connectivity index (χ1v) is 11.2. The van der Waals surface area contributed by atoms with Gasteiger partial charge in [0.2, 0.25) is 5.95 Å². The van der Waals surface area contributed by atoms with Crippen LogP contribution in [0.4, 0.5) is 29.6 Å². The number of aryl methyl sites for hydroxylation is 1. The van der Waals surface area contributed by atoms with Crippen LogP contribution < -0.4 is 14.8 Å². The molecule has 35 heavy (non-hydrogen) atoms. The van der Waals surface area contributed by atoms with E-state index in [1.807, 2.05) is 13.0 Å². The molecule has 0 radical (unpaired) electrons. The summed E-state index contributed by atoms with van der Waals surface area (Å²) < 4.78 is 50.0. The first-order chi connectivity index (χ1) is 16.7. The molecule has 1 aliphatic carbocycles. The summed E-state index contributed by atoms with van der Waals surface area (Å²) in [5.41, 5.74) is 1.59. The molecule has 1 fully saturated rings. The van der Waals surface area contributed by atoms with E-state index in [0.717, 1.165) is 49.9 Å². The fourth-order valence-electron chi connectivity index (χ4n) is 4.05. The summed E-state index contributed by atoms with van der Waals surface area (Å²) in [5, 5.41) is 12.0. The van der Waals surface area contributed by atoms with Gasteiger partial charge in [-0.15, -0.1) is 0 Å². The van der Waals surface area contributed by atoms with Crippen molar-refractivity contribution in [1.82, 2.24) is 9.97 Å². The lowest BCUT2D eigenvalue weighted by Gasteiger charge is -2.24. The van der Waals surface area contributed by atoms with Crippen LogP contribution in [0.5, 0.6) is 11.5 Å². The van der Waals surface area contributed by atoms with Gasteiger partial charge in [0.25, 0.3) is 0 Å². The lowest BCUT2D eigenvalue weighted by atomic mass is 9.97. The third kappa shape index (κ3) is 6.40. The van der Waals surface area contributed by atoms with Gasteiger partial charge in [0, 0.05) is 11.9 Å². The number of ether oxygens (including phenoxy) is 2. The largest absolute Gasteiger partial charge is 0.511 e. The van der Waals surface area contributed by atoms with Crippen LogP contribution in [0.25, 0.3) is 11.1 Å². The number of alkyl halides is 3. The van der Waals surface area contributed by atoms with Gasteiger partial charge in [-0.2, -0.15) is 13.2 Å². The Kier molecular flexibility index (Phi) is 7.09. The van der Waals surface area contributed by atoms with Crippen molar-refractivity contribution < 1.29 is 32.5 Å². The van der Waals surface area contributed by atoms with Gasteiger partial charge < -0.3 is 19.9 Å². The molecule has 1 aromatic heterocycles. The summed E-state index contributed by atoms with van der Waals surface area (Å²) in [6.45, 7) is 1.83. The Bertz CT molecular complexity index is 1210. The predicted octanol–water partition coefficient (Wildman–Crippen LogP) is 6.98. The predicted molar refractivity (Wildman–Crippen MR) is 123 cm³/mol. The number of nitrogens with zero attached hydrogens (tertiary/aromatic N) is 2. The van der Waals surface area contributed by atoms with E-state index in [4.69, 9.17) is 9.47 Å². The van der Waals surface area contributed by atoms with E-state index in [1.54, 1.807) is 30.3 Å². The van der Waals surface area contributed by atoms with Crippen molar-refractivity contribution in [3.63, 3.8) is 0 Å². The average Bonchev–Trinajstić information content (AvgIpc) is 2.80. The lowest BCUT2D eigenvalue weighted by molar-refractivity contribution is -0.141. The second-order valence-corrected chi connectivity index (χ2v) is 8.38. The zero-order valence-electron chi connectivity index (χ0n) is 18.9. The normalized spacial score (nSPS) is 14.4. The fraction of sp³-hybridized carbons (Fsp3) is 0.320. The Balaban J connectivity index is 1.62. The highest BCUT2D eigenvalue weighted by Crippen LogP contribution is 2.36. The van der Waals surface area contributed by atoms with Crippen molar-refractivity contribution in [3.05, 3.63) is 59.9 Å². The molecule has 2 N–H and O–H groups in total. The number of anilines is 2. The molecule has 0 atom stereocenters. The highest BCUT2D eigenvalue weighted by molar-refractivity contribution is 5.74. The smallest absolute Gasteiger partial charge is 0.487 e. The van der Waals surface area contributed by atoms with Crippen LogP contribution in [-0.2, 0) is 6.18 Å². The van der Waals surface area contributed by atoms with Gasteiger partial charge in [0.15, 0.2) is 11.5 Å². The summed E-state index contributed by atoms with van der Waals surface area (Å²) in [6, 6.07) is 11.1. The van der Waals surface area contributed by atoms with E-state index >= 15 is 0 Å². The summed E-state index contributed by atoms with van der Waals surface area (Å²) in [4.78, 5) is 18.7. The molecular weight excluding hydrogens is 463 g/mol. The second-order valence-electron chi connectivity index (χ2n) is 8.38. The molecule has 10 heteroatoms. The van der Waals surface area contributed by atoms with Crippen LogP contribution in [0.2, 0.25) is 0 Å². The van der Waals surface area contributed by atoms with Crippen molar-refractivity contribution in [2.24, 2.45) is 0 Å². The number of hydrogen-bond acceptors (Lipinski definition) is 6. The Morgan fingerprint density at radius 2 is 1.80 bits per heavy atom. The molecule has 2 aromatic carbocycles. The zero-order valence-corrected chi connectivity index (χ0v) is 18.9. The molecule has 0 spiro atoms. The first kappa shape index (κ1) is 24.3. The van der Waals surface area contributed by atoms with Crippen LogP contribution in [0, 0.1) is 6.92 Å². The topological polar surface area (TPSA) is 93.6 Å². The summed E-state index contributed by atoms with van der Waals surface area (Å²) in [7, 11) is 0. The van der Waals surface area contributed by atoms with Gasteiger partial charge in [-0.05, 0) is 79.6 Å². The van der Waals surface area contributed by atoms with Gasteiger partial charge >= 0.3 is 12.3 Å². The number of hydrogen-bond donors (Lipinski definition) is 2. The molecular formula is C25H24F3N3O4. The van der Waals surface area contributed by atoms with E-state index < -0.39 is 18.0 Å². The third-order valence-corrected chi connectivity index (χ3v) is 5.60. The van der Waals surface area contributed by atoms with Crippen molar-refractivity contribution in [3.8, 4) is 22.6 Å². The minimum absolute atomic E-state index is 0.00739. The third-order valence-electron chi connectivity index (χ3n) is 5.60. The second kappa shape index (κ2) is 10.2. The maximum Gasteiger partial charge on any atom is 0.511 e. The number of halogens is 3. The average molecular weight is 487 g/mol. The monoisotopic (exact) mass is 487 g/mol. The Morgan fingerprint density at radius 1 is 1.03 bits per heavy atom. The highest BCUT2D eigenvalue weighted by atomic mass is 19.4. The van der Waals surface area contributed by atoms with E-state index in [2.05, 4.69) is 15.3 Å². The van der Waals surface area contributed by atoms with Crippen LogP contribution in [0.15, 0.2) is 48.7 Å². The Hall–Kier alpha value is -3.82. The van der Waals surface area contributed by atoms with Gasteiger partial charge in [-0.3, -0.25) is 0 Å². The van der Waals surface area contributed by atoms with Crippen molar-refractivity contribution in [2.75, 3.05) is 5.32 Å². The molecule has 3 aromatic rings. The SMILES string of the molecule is Cc1cc(Nc2nccc(C(F)(F)F)n2)cc(-c2ccc(OC3CCCCC3)c(OC(=O)O)c2)c1. The number of carbonyl (C=O) groups is 1. The Morgan fingerprint density at radius 3 is 2.51 bits per heavy atom. The maximum absolute atomic E-state index is 13.0. The molecule has 0 amide bonds. The summed E-state index contributed by atoms with van der Waals surface area (Å²) >= 11 is 0. The van der Waals surface area contributed by atoms with Gasteiger partial charge in [-0.25, -0.2) is 14.8 Å². The lowest BCUT2D eigenvalue weighted by Crippen LogP contribution is -2.20. The molecule has 1 heterocycles. The van der Waals surface area contributed by atoms with E-state index in [9.17, 15) is 23.1 Å². The van der Waals surface area contributed by atoms with E-state index in [-0.39, 0.29) is 17.8 Å². The number of benzene rings is 2. The van der Waals surface area contributed by atoms with E-state index in [0.29, 0.717) is 22.6 Å². The standard InChI is InChI=1S/C25H24F3N3O4/c1-15-11-17(13-18(12-15)30-23-29-10-9-22(31-23)25(26,27)28)16-7-8-20(21(14-16)35-24(32)33)34-19-5-3-2-4-6-19/h7-14,19H,2-6H2,1H3,(H,32,33)(H,29,30,31). The van der Waals surface area contributed by atoms with Crippen LogP contribution >= 0.6 is 0 Å². The molecule has 0 saturated heterocycles.